The van der Waals surface area contributed by atoms with Crippen LogP contribution in [-0.2, 0) is 19.1 Å². The highest BCUT2D eigenvalue weighted by Gasteiger charge is 2.33. The molecule has 15 heavy (non-hydrogen) atoms. The fraction of sp³-hybridized carbons (Fsp3) is 0.600. The maximum Gasteiger partial charge on any atom is 0.312 e. The van der Waals surface area contributed by atoms with E-state index >= 15 is 0 Å². The van der Waals surface area contributed by atoms with Gasteiger partial charge in [-0.1, -0.05) is 6.92 Å². The van der Waals surface area contributed by atoms with Gasteiger partial charge in [-0.05, 0) is 6.92 Å². The minimum Gasteiger partial charge on any atom is -0.483 e. The Morgan fingerprint density at radius 1 is 1.60 bits per heavy atom. The van der Waals surface area contributed by atoms with Crippen molar-refractivity contribution in [2.24, 2.45) is 5.73 Å². The molecule has 0 aromatic rings. The van der Waals surface area contributed by atoms with E-state index in [0.29, 0.717) is 12.2 Å². The topological polar surface area (TPSA) is 78.6 Å². The predicted molar refractivity (Wildman–Crippen MR) is 52.6 cm³/mol. The molecule has 0 aromatic heterocycles. The molecular formula is C10H15NO4. The molecule has 5 heteroatoms. The first-order chi connectivity index (χ1) is 7.10. The Balaban J connectivity index is 2.73. The van der Waals surface area contributed by atoms with Crippen LogP contribution in [0.4, 0.5) is 0 Å². The lowest BCUT2D eigenvalue weighted by Crippen LogP contribution is -2.18. The highest BCUT2D eigenvalue weighted by Crippen LogP contribution is 2.25. The summed E-state index contributed by atoms with van der Waals surface area (Å²) in [5.41, 5.74) is 5.20. The van der Waals surface area contributed by atoms with E-state index in [9.17, 15) is 9.59 Å². The molecule has 1 heterocycles. The zero-order valence-corrected chi connectivity index (χ0v) is 8.91. The SMILES string of the molecule is CCC1=C(OC(=O)CCN)C(=O)C(C)O1. The number of allylic oxidation sites excluding steroid dienone is 1. The maximum absolute atomic E-state index is 11.5. The Labute approximate surface area is 88.2 Å². The van der Waals surface area contributed by atoms with Gasteiger partial charge in [-0.3, -0.25) is 9.59 Å². The lowest BCUT2D eigenvalue weighted by molar-refractivity contribution is -0.142. The number of hydrogen-bond acceptors (Lipinski definition) is 5. The fourth-order valence-corrected chi connectivity index (χ4v) is 1.28. The summed E-state index contributed by atoms with van der Waals surface area (Å²) in [4.78, 5) is 22.7. The van der Waals surface area contributed by atoms with Crippen LogP contribution in [0, 0.1) is 0 Å². The summed E-state index contributed by atoms with van der Waals surface area (Å²) in [6.07, 6.45) is 0.0735. The Kier molecular flexibility index (Phi) is 3.85. The minimum atomic E-state index is -0.555. The lowest BCUT2D eigenvalue weighted by atomic mass is 10.2. The van der Waals surface area contributed by atoms with Gasteiger partial charge < -0.3 is 15.2 Å². The Hall–Kier alpha value is -1.36. The van der Waals surface area contributed by atoms with Crippen LogP contribution in [0.1, 0.15) is 26.7 Å². The van der Waals surface area contributed by atoms with Crippen molar-refractivity contribution < 1.29 is 19.1 Å². The average molecular weight is 213 g/mol. The summed E-state index contributed by atoms with van der Waals surface area (Å²) in [5.74, 6) is -0.289. The standard InChI is InChI=1S/C10H15NO4/c1-3-7-10(9(13)6(2)14-7)15-8(12)4-5-11/h6H,3-5,11H2,1-2H3. The van der Waals surface area contributed by atoms with E-state index in [2.05, 4.69) is 0 Å². The van der Waals surface area contributed by atoms with E-state index in [1.807, 2.05) is 6.92 Å². The van der Waals surface area contributed by atoms with Crippen LogP contribution in [0.3, 0.4) is 0 Å². The van der Waals surface area contributed by atoms with E-state index in [4.69, 9.17) is 15.2 Å². The number of carbonyl (C=O) groups excluding carboxylic acids is 2. The van der Waals surface area contributed by atoms with Crippen LogP contribution < -0.4 is 5.73 Å². The zero-order valence-electron chi connectivity index (χ0n) is 8.91. The lowest BCUT2D eigenvalue weighted by Gasteiger charge is -2.03. The van der Waals surface area contributed by atoms with Gasteiger partial charge >= 0.3 is 5.97 Å². The quantitative estimate of drug-likeness (QED) is 0.687. The average Bonchev–Trinajstić information content (AvgIpc) is 2.46. The van der Waals surface area contributed by atoms with Crippen molar-refractivity contribution in [1.29, 1.82) is 0 Å². The molecule has 2 N–H and O–H groups in total. The van der Waals surface area contributed by atoms with Crippen molar-refractivity contribution in [2.75, 3.05) is 6.54 Å². The molecular weight excluding hydrogens is 198 g/mol. The molecule has 1 aliphatic heterocycles. The van der Waals surface area contributed by atoms with Gasteiger partial charge in [0, 0.05) is 13.0 Å². The van der Waals surface area contributed by atoms with E-state index in [-0.39, 0.29) is 24.5 Å². The number of ketones is 1. The third kappa shape index (κ3) is 2.56. The number of rotatable bonds is 4. The highest BCUT2D eigenvalue weighted by molar-refractivity contribution is 6.00. The van der Waals surface area contributed by atoms with Crippen molar-refractivity contribution in [3.63, 3.8) is 0 Å². The van der Waals surface area contributed by atoms with Gasteiger partial charge in [0.2, 0.25) is 11.5 Å². The van der Waals surface area contributed by atoms with Gasteiger partial charge in [0.1, 0.15) is 5.76 Å². The number of Topliss-reactive ketones (excluding diaryl/α,β-unsaturated/α-hetero) is 1. The molecule has 0 bridgehead atoms. The third-order valence-electron chi connectivity index (χ3n) is 2.05. The van der Waals surface area contributed by atoms with Crippen LogP contribution in [0.5, 0.6) is 0 Å². The molecule has 0 radical (unpaired) electrons. The minimum absolute atomic E-state index is 0.0449. The molecule has 1 atom stereocenters. The van der Waals surface area contributed by atoms with Gasteiger partial charge in [0.05, 0.1) is 6.42 Å². The highest BCUT2D eigenvalue weighted by atomic mass is 16.6. The van der Waals surface area contributed by atoms with Crippen LogP contribution >= 0.6 is 0 Å². The second-order valence-electron chi connectivity index (χ2n) is 3.24. The number of carbonyl (C=O) groups is 2. The predicted octanol–water partition coefficient (Wildman–Crippen LogP) is 0.488. The fourth-order valence-electron chi connectivity index (χ4n) is 1.28. The van der Waals surface area contributed by atoms with Gasteiger partial charge in [0.15, 0.2) is 6.10 Å². The van der Waals surface area contributed by atoms with Crippen molar-refractivity contribution in [1.82, 2.24) is 0 Å². The summed E-state index contributed by atoms with van der Waals surface area (Å²) in [7, 11) is 0. The number of nitrogens with two attached hydrogens (primary N) is 1. The second kappa shape index (κ2) is 4.93. The summed E-state index contributed by atoms with van der Waals surface area (Å²) < 4.78 is 10.2. The number of hydrogen-bond donors (Lipinski definition) is 1. The molecule has 0 saturated heterocycles. The molecule has 1 aliphatic rings. The summed E-state index contributed by atoms with van der Waals surface area (Å²) >= 11 is 0. The van der Waals surface area contributed by atoms with Crippen LogP contribution in [-0.4, -0.2) is 24.4 Å². The Morgan fingerprint density at radius 3 is 2.80 bits per heavy atom. The molecule has 1 rings (SSSR count). The normalized spacial score (nSPS) is 20.5. The molecule has 0 spiro atoms. The van der Waals surface area contributed by atoms with Gasteiger partial charge in [-0.25, -0.2) is 0 Å². The zero-order chi connectivity index (χ0) is 11.4. The molecule has 5 nitrogen and oxygen atoms in total. The van der Waals surface area contributed by atoms with Crippen LogP contribution in [0.2, 0.25) is 0 Å². The molecule has 0 aliphatic carbocycles. The number of ether oxygens (including phenoxy) is 2. The maximum atomic E-state index is 11.5. The first-order valence-electron chi connectivity index (χ1n) is 4.94. The van der Waals surface area contributed by atoms with Crippen LogP contribution in [0.15, 0.2) is 11.5 Å². The molecule has 84 valence electrons. The summed E-state index contributed by atoms with van der Waals surface area (Å²) in [6, 6.07) is 0. The largest absolute Gasteiger partial charge is 0.483 e. The number of esters is 1. The van der Waals surface area contributed by atoms with Crippen molar-refractivity contribution >= 4 is 11.8 Å². The van der Waals surface area contributed by atoms with E-state index in [0.717, 1.165) is 0 Å². The Bertz CT molecular complexity index is 309. The van der Waals surface area contributed by atoms with E-state index in [1.54, 1.807) is 6.92 Å². The third-order valence-corrected chi connectivity index (χ3v) is 2.05. The summed E-state index contributed by atoms with van der Waals surface area (Å²) in [6.45, 7) is 3.66. The first-order valence-corrected chi connectivity index (χ1v) is 4.94. The van der Waals surface area contributed by atoms with E-state index in [1.165, 1.54) is 0 Å². The summed E-state index contributed by atoms with van der Waals surface area (Å²) in [5, 5.41) is 0. The smallest absolute Gasteiger partial charge is 0.312 e. The molecule has 0 saturated carbocycles. The monoisotopic (exact) mass is 213 g/mol. The second-order valence-corrected chi connectivity index (χ2v) is 3.24. The van der Waals surface area contributed by atoms with Crippen molar-refractivity contribution in [2.45, 2.75) is 32.8 Å². The van der Waals surface area contributed by atoms with Crippen molar-refractivity contribution in [3.8, 4) is 0 Å². The van der Waals surface area contributed by atoms with Crippen molar-refractivity contribution in [3.05, 3.63) is 11.5 Å². The van der Waals surface area contributed by atoms with Crippen LogP contribution in [0.25, 0.3) is 0 Å². The molecule has 0 aromatic carbocycles. The molecule has 0 fully saturated rings. The van der Waals surface area contributed by atoms with Gasteiger partial charge in [-0.15, -0.1) is 0 Å². The van der Waals surface area contributed by atoms with Gasteiger partial charge in [-0.2, -0.15) is 0 Å². The Morgan fingerprint density at radius 2 is 2.27 bits per heavy atom. The molecule has 1 unspecified atom stereocenters. The van der Waals surface area contributed by atoms with E-state index < -0.39 is 12.1 Å². The first kappa shape index (κ1) is 11.7. The van der Waals surface area contributed by atoms with Gasteiger partial charge in [0.25, 0.3) is 0 Å². The molecule has 0 amide bonds.